The lowest BCUT2D eigenvalue weighted by molar-refractivity contribution is -0.220. The quantitative estimate of drug-likeness (QED) is 0.0522. The average molecular weight is 1060 g/mol. The van der Waals surface area contributed by atoms with Gasteiger partial charge in [-0.1, -0.05) is 27.7 Å². The van der Waals surface area contributed by atoms with E-state index in [1.807, 2.05) is 55.4 Å². The Morgan fingerprint density at radius 3 is 1.48 bits per heavy atom. The molecule has 0 amide bonds. The summed E-state index contributed by atoms with van der Waals surface area (Å²) in [6.45, 7) is 15.8. The maximum atomic E-state index is 12.2. The van der Waals surface area contributed by atoms with Crippen LogP contribution in [0.4, 0.5) is 0 Å². The Bertz CT molecular complexity index is 1960. The smallest absolute Gasteiger partial charge is 0.344 e. The minimum absolute atomic E-state index is 0.0880. The van der Waals surface area contributed by atoms with E-state index in [2.05, 4.69) is 0 Å². The van der Waals surface area contributed by atoms with E-state index in [0.717, 1.165) is 82.5 Å². The summed E-state index contributed by atoms with van der Waals surface area (Å²) in [5.41, 5.74) is -1.61. The largest absolute Gasteiger partial charge is 0.466 e. The van der Waals surface area contributed by atoms with E-state index in [4.69, 9.17) is 28.4 Å². The summed E-state index contributed by atoms with van der Waals surface area (Å²) in [6, 6.07) is 0. The first-order valence-corrected chi connectivity index (χ1v) is 29.4. The Morgan fingerprint density at radius 2 is 1.01 bits per heavy atom. The molecule has 12 aliphatic rings. The van der Waals surface area contributed by atoms with Crippen molar-refractivity contribution < 1.29 is 72.5 Å². The maximum Gasteiger partial charge on any atom is 0.344 e. The zero-order chi connectivity index (χ0) is 54.6. The minimum atomic E-state index is -0.615. The molecule has 15 heteroatoms. The van der Waals surface area contributed by atoms with Crippen molar-refractivity contribution in [3.63, 3.8) is 0 Å². The molecule has 0 radical (unpaired) electrons. The van der Waals surface area contributed by atoms with Gasteiger partial charge in [0.2, 0.25) is 0 Å². The van der Waals surface area contributed by atoms with Crippen LogP contribution in [0.1, 0.15) is 209 Å². The molecule has 3 N–H and O–H groups in total. The van der Waals surface area contributed by atoms with E-state index >= 15 is 0 Å². The van der Waals surface area contributed by atoms with Gasteiger partial charge in [-0.25, -0.2) is 4.79 Å². The minimum Gasteiger partial charge on any atom is -0.466 e. The molecule has 12 rings (SSSR count). The van der Waals surface area contributed by atoms with Gasteiger partial charge in [0.25, 0.3) is 0 Å². The highest BCUT2D eigenvalue weighted by molar-refractivity contribution is 5.80. The number of carbonyl (C=O) groups excluding carboxylic acids is 6. The van der Waals surface area contributed by atoms with E-state index in [9.17, 15) is 44.1 Å². The molecule has 0 spiro atoms. The lowest BCUT2D eigenvalue weighted by Crippen LogP contribution is -2.60. The fraction of sp³-hybridized carbons (Fsp3) is 0.900. The number of aliphatic hydroxyl groups excluding tert-OH is 2. The van der Waals surface area contributed by atoms with Crippen LogP contribution in [0.15, 0.2) is 0 Å². The Kier molecular flexibility index (Phi) is 19.3. The van der Waals surface area contributed by atoms with E-state index in [0.29, 0.717) is 74.4 Å². The van der Waals surface area contributed by atoms with Crippen molar-refractivity contribution >= 4 is 35.8 Å². The Morgan fingerprint density at radius 1 is 0.533 bits per heavy atom. The standard InChI is InChI=1S/C21H34O5.C20H32O5.C19H30O5/c1-4-20(2,3)19(24)26-7-5-17(22)25-8-6-21-11-14-9-15(12-21)18(23)16(10-14)13-21;1-4-19(2,3)18(23)25-12-16(21)24-6-5-20-9-13-7-14(10-20)17(22)15(8-13)11-20;1-3-13(2)17(21)23-6-4-5-16(20)24-19-10-14-7-15(11-19)9-18(22,8-14)12-19/h14-16,18,23H,4-13H2,1-3H3;13-15,17,22H,4-12H2,1-3H3;13-15,22H,3-12H2,1-2H3. The molecule has 7 unspecified atom stereocenters. The van der Waals surface area contributed by atoms with Crippen molar-refractivity contribution in [3.8, 4) is 0 Å². The highest BCUT2D eigenvalue weighted by atomic mass is 16.6. The second-order valence-corrected chi connectivity index (χ2v) is 27.2. The normalized spacial score (nSPS) is 36.5. The Balaban J connectivity index is 0.000000164. The summed E-state index contributed by atoms with van der Waals surface area (Å²) >= 11 is 0. The van der Waals surface area contributed by atoms with Crippen LogP contribution < -0.4 is 0 Å². The monoisotopic (exact) mass is 1060 g/mol. The SMILES string of the molecule is CCC(C)(C)C(=O)OCC(=O)OCCC12CC3CC(C1)C(O)C(C3)C2.CCC(C)(C)C(=O)OCCC(=O)OCCC12CC3CC(C1)C(O)C(C3)C2.CCC(C)C(=O)OCCCC(=O)OC12CC3CC(CC(O)(C3)C1)C2. The van der Waals surface area contributed by atoms with E-state index in [1.54, 1.807) is 0 Å². The highest BCUT2D eigenvalue weighted by Gasteiger charge is 2.60. The third kappa shape index (κ3) is 14.9. The van der Waals surface area contributed by atoms with Crippen molar-refractivity contribution in [2.75, 3.05) is 33.0 Å². The summed E-state index contributed by atoms with van der Waals surface area (Å²) in [5, 5.41) is 31.4. The van der Waals surface area contributed by atoms with Crippen LogP contribution in [-0.4, -0.2) is 108 Å². The predicted molar refractivity (Wildman–Crippen MR) is 278 cm³/mol. The van der Waals surface area contributed by atoms with Crippen LogP contribution in [0, 0.1) is 74.9 Å². The van der Waals surface area contributed by atoms with Crippen LogP contribution in [0.25, 0.3) is 0 Å². The molecule has 0 aromatic heterocycles. The molecule has 0 saturated heterocycles. The second-order valence-electron chi connectivity index (χ2n) is 27.2. The van der Waals surface area contributed by atoms with Crippen molar-refractivity contribution in [2.45, 2.75) is 233 Å². The van der Waals surface area contributed by atoms with Crippen LogP contribution in [0.2, 0.25) is 0 Å². The first-order valence-electron chi connectivity index (χ1n) is 29.4. The first kappa shape index (κ1) is 59.4. The zero-order valence-corrected chi connectivity index (χ0v) is 47.1. The number of rotatable bonds is 22. The highest BCUT2D eigenvalue weighted by Crippen LogP contribution is 2.63. The van der Waals surface area contributed by atoms with E-state index in [-0.39, 0.29) is 91.5 Å². The number of ether oxygens (including phenoxy) is 6. The summed E-state index contributed by atoms with van der Waals surface area (Å²) in [7, 11) is 0. The summed E-state index contributed by atoms with van der Waals surface area (Å²) in [5.74, 6) is 2.40. The number of hydrogen-bond acceptors (Lipinski definition) is 15. The van der Waals surface area contributed by atoms with Gasteiger partial charge in [0.15, 0.2) is 6.61 Å². The van der Waals surface area contributed by atoms with Gasteiger partial charge in [0, 0.05) is 12.8 Å². The first-order chi connectivity index (χ1) is 35.3. The van der Waals surface area contributed by atoms with E-state index < -0.39 is 28.0 Å². The topological polar surface area (TPSA) is 218 Å². The van der Waals surface area contributed by atoms with Gasteiger partial charge in [0.05, 0.1) is 60.8 Å². The molecular formula is C60H96O15. The molecule has 12 aliphatic carbocycles. The lowest BCUT2D eigenvalue weighted by Gasteiger charge is -2.59. The second kappa shape index (κ2) is 24.4. The summed E-state index contributed by atoms with van der Waals surface area (Å²) in [6.07, 6.45) is 21.3. The van der Waals surface area contributed by atoms with Gasteiger partial charge in [-0.2, -0.15) is 0 Å². The van der Waals surface area contributed by atoms with Crippen LogP contribution >= 0.6 is 0 Å². The van der Waals surface area contributed by atoms with Gasteiger partial charge in [-0.3, -0.25) is 24.0 Å². The summed E-state index contributed by atoms with van der Waals surface area (Å²) < 4.78 is 32.0. The molecule has 426 valence electrons. The maximum absolute atomic E-state index is 12.2. The Labute approximate surface area is 447 Å². The molecule has 12 saturated carbocycles. The van der Waals surface area contributed by atoms with Crippen LogP contribution in [-0.2, 0) is 57.2 Å². The molecule has 12 bridgehead atoms. The molecule has 0 aromatic rings. The fourth-order valence-electron chi connectivity index (χ4n) is 16.1. The number of esters is 6. The van der Waals surface area contributed by atoms with Crippen molar-refractivity contribution in [2.24, 2.45) is 74.9 Å². The number of aliphatic hydroxyl groups is 3. The number of carbonyl (C=O) groups is 6. The van der Waals surface area contributed by atoms with Gasteiger partial charge in [-0.15, -0.1) is 0 Å². The molecule has 15 nitrogen and oxygen atoms in total. The third-order valence-corrected chi connectivity index (χ3v) is 20.3. The third-order valence-electron chi connectivity index (χ3n) is 20.3. The Hall–Kier alpha value is -3.30. The van der Waals surface area contributed by atoms with Gasteiger partial charge in [-0.05, 0) is 221 Å². The van der Waals surface area contributed by atoms with E-state index in [1.165, 1.54) is 44.9 Å². The van der Waals surface area contributed by atoms with Gasteiger partial charge < -0.3 is 43.7 Å². The molecule has 0 aromatic carbocycles. The molecule has 0 aliphatic heterocycles. The van der Waals surface area contributed by atoms with Crippen LogP contribution in [0.5, 0.6) is 0 Å². The average Bonchev–Trinajstić information content (AvgIpc) is 3.34. The molecule has 7 atom stereocenters. The summed E-state index contributed by atoms with van der Waals surface area (Å²) in [4.78, 5) is 71.4. The van der Waals surface area contributed by atoms with Crippen molar-refractivity contribution in [3.05, 3.63) is 0 Å². The predicted octanol–water partition coefficient (Wildman–Crippen LogP) is 9.55. The molecular weight excluding hydrogens is 961 g/mol. The molecule has 0 heterocycles. The van der Waals surface area contributed by atoms with Gasteiger partial charge >= 0.3 is 35.8 Å². The van der Waals surface area contributed by atoms with Gasteiger partial charge in [0.1, 0.15) is 12.2 Å². The molecule has 12 fully saturated rings. The number of hydrogen-bond donors (Lipinski definition) is 3. The lowest BCUT2D eigenvalue weighted by atomic mass is 9.48. The fourth-order valence-corrected chi connectivity index (χ4v) is 16.1. The van der Waals surface area contributed by atoms with Crippen molar-refractivity contribution in [1.29, 1.82) is 0 Å². The van der Waals surface area contributed by atoms with Crippen LogP contribution in [0.3, 0.4) is 0 Å². The van der Waals surface area contributed by atoms with Crippen molar-refractivity contribution in [1.82, 2.24) is 0 Å². The zero-order valence-electron chi connectivity index (χ0n) is 47.1. The molecule has 75 heavy (non-hydrogen) atoms.